The third kappa shape index (κ3) is 4.92. The van der Waals surface area contributed by atoms with E-state index in [2.05, 4.69) is 31.2 Å². The van der Waals surface area contributed by atoms with E-state index in [0.717, 1.165) is 5.69 Å². The summed E-state index contributed by atoms with van der Waals surface area (Å²) < 4.78 is 7.11. The van der Waals surface area contributed by atoms with Gasteiger partial charge in [-0.3, -0.25) is 14.3 Å². The van der Waals surface area contributed by atoms with E-state index in [0.29, 0.717) is 23.6 Å². The fraction of sp³-hybridized carbons (Fsp3) is 0.421. The molecular weight excluding hydrogens is 318 g/mol. The van der Waals surface area contributed by atoms with Crippen LogP contribution in [0.15, 0.2) is 30.3 Å². The number of carbonyl (C=O) groups excluding carboxylic acids is 2. The lowest BCUT2D eigenvalue weighted by Crippen LogP contribution is -2.21. The van der Waals surface area contributed by atoms with E-state index < -0.39 is 0 Å². The number of ether oxygens (including phenoxy) is 1. The number of carbonyl (C=O) groups is 2. The van der Waals surface area contributed by atoms with E-state index in [-0.39, 0.29) is 23.7 Å². The number of rotatable bonds is 6. The molecule has 1 aromatic heterocycles. The Morgan fingerprint density at radius 2 is 1.84 bits per heavy atom. The van der Waals surface area contributed by atoms with Gasteiger partial charge in [0, 0.05) is 30.5 Å². The van der Waals surface area contributed by atoms with E-state index in [1.165, 1.54) is 0 Å². The molecule has 0 aliphatic heterocycles. The predicted molar refractivity (Wildman–Crippen MR) is 97.1 cm³/mol. The van der Waals surface area contributed by atoms with Crippen LogP contribution in [-0.4, -0.2) is 28.1 Å². The van der Waals surface area contributed by atoms with Crippen LogP contribution in [0.5, 0.6) is 5.75 Å². The van der Waals surface area contributed by atoms with Crippen LogP contribution in [0.25, 0.3) is 0 Å². The number of nitrogens with one attached hydrogen (secondary N) is 1. The van der Waals surface area contributed by atoms with Gasteiger partial charge >= 0.3 is 0 Å². The van der Waals surface area contributed by atoms with Crippen molar-refractivity contribution in [1.29, 1.82) is 0 Å². The van der Waals surface area contributed by atoms with E-state index in [1.54, 1.807) is 36.0 Å². The highest BCUT2D eigenvalue weighted by atomic mass is 16.5. The third-order valence-corrected chi connectivity index (χ3v) is 3.78. The summed E-state index contributed by atoms with van der Waals surface area (Å²) in [6.45, 7) is 7.91. The molecule has 2 rings (SSSR count). The number of hydrogen-bond acceptors (Lipinski definition) is 4. The first kappa shape index (κ1) is 18.7. The third-order valence-electron chi connectivity index (χ3n) is 3.78. The number of anilines is 1. The molecule has 0 spiro atoms. The Kier molecular flexibility index (Phi) is 5.62. The quantitative estimate of drug-likeness (QED) is 0.817. The van der Waals surface area contributed by atoms with Crippen molar-refractivity contribution in [3.63, 3.8) is 0 Å². The molecule has 0 fully saturated rings. The maximum absolute atomic E-state index is 12.1. The van der Waals surface area contributed by atoms with Gasteiger partial charge in [0.05, 0.1) is 5.69 Å². The Labute approximate surface area is 148 Å². The molecule has 1 heterocycles. The second-order valence-electron chi connectivity index (χ2n) is 6.93. The molecule has 6 nitrogen and oxygen atoms in total. The van der Waals surface area contributed by atoms with Crippen molar-refractivity contribution in [2.75, 3.05) is 11.9 Å². The number of Topliss-reactive ketones (excluding diaryl/α,β-unsaturated/α-hetero) is 1. The van der Waals surface area contributed by atoms with Crippen LogP contribution in [-0.2, 0) is 17.3 Å². The van der Waals surface area contributed by atoms with Crippen LogP contribution >= 0.6 is 0 Å². The summed E-state index contributed by atoms with van der Waals surface area (Å²) >= 11 is 0. The fourth-order valence-corrected chi connectivity index (χ4v) is 2.22. The van der Waals surface area contributed by atoms with Gasteiger partial charge in [-0.1, -0.05) is 27.7 Å². The van der Waals surface area contributed by atoms with Crippen LogP contribution in [0.4, 0.5) is 5.82 Å². The highest BCUT2D eigenvalue weighted by molar-refractivity contribution is 5.96. The highest BCUT2D eigenvalue weighted by Gasteiger charge is 2.19. The number of ketones is 1. The molecule has 25 heavy (non-hydrogen) atoms. The molecule has 2 aromatic rings. The minimum Gasteiger partial charge on any atom is -0.484 e. The summed E-state index contributed by atoms with van der Waals surface area (Å²) in [5, 5.41) is 7.21. The van der Waals surface area contributed by atoms with Crippen LogP contribution in [0.3, 0.4) is 0 Å². The summed E-state index contributed by atoms with van der Waals surface area (Å²) in [5.74, 6) is 0.984. The highest BCUT2D eigenvalue weighted by Crippen LogP contribution is 2.23. The van der Waals surface area contributed by atoms with E-state index in [4.69, 9.17) is 4.74 Å². The van der Waals surface area contributed by atoms with Crippen LogP contribution in [0.2, 0.25) is 0 Å². The maximum atomic E-state index is 12.1. The number of nitrogens with zero attached hydrogens (tertiary/aromatic N) is 2. The van der Waals surface area contributed by atoms with E-state index in [1.807, 2.05) is 13.0 Å². The Hall–Kier alpha value is -2.63. The van der Waals surface area contributed by atoms with Crippen molar-refractivity contribution < 1.29 is 14.3 Å². The molecule has 0 radical (unpaired) electrons. The molecule has 6 heteroatoms. The predicted octanol–water partition coefficient (Wildman–Crippen LogP) is 3.33. The van der Waals surface area contributed by atoms with Crippen LogP contribution < -0.4 is 10.1 Å². The molecule has 0 saturated heterocycles. The van der Waals surface area contributed by atoms with Crippen molar-refractivity contribution in [3.8, 4) is 5.75 Å². The Balaban J connectivity index is 1.93. The minimum atomic E-state index is -0.267. The van der Waals surface area contributed by atoms with Gasteiger partial charge in [-0.2, -0.15) is 5.10 Å². The first-order valence-corrected chi connectivity index (χ1v) is 8.31. The number of aromatic nitrogens is 2. The Bertz CT molecular complexity index is 755. The van der Waals surface area contributed by atoms with Gasteiger partial charge < -0.3 is 10.1 Å². The molecule has 0 aliphatic carbocycles. The average Bonchev–Trinajstić information content (AvgIpc) is 2.94. The lowest BCUT2D eigenvalue weighted by atomic mass is 9.92. The van der Waals surface area contributed by atoms with Crippen LogP contribution in [0.1, 0.15) is 50.2 Å². The van der Waals surface area contributed by atoms with Crippen molar-refractivity contribution in [1.82, 2.24) is 9.78 Å². The summed E-state index contributed by atoms with van der Waals surface area (Å²) in [5.41, 5.74) is 1.46. The van der Waals surface area contributed by atoms with Gasteiger partial charge in [-0.25, -0.2) is 0 Å². The molecule has 0 bridgehead atoms. The molecule has 1 aromatic carbocycles. The van der Waals surface area contributed by atoms with Gasteiger partial charge in [0.1, 0.15) is 11.6 Å². The number of aryl methyl sites for hydroxylation is 1. The molecular formula is C19H25N3O3. The first-order valence-electron chi connectivity index (χ1n) is 8.31. The van der Waals surface area contributed by atoms with Crippen molar-refractivity contribution >= 4 is 17.5 Å². The molecule has 1 amide bonds. The summed E-state index contributed by atoms with van der Waals surface area (Å²) in [4.78, 5) is 23.7. The normalized spacial score (nSPS) is 11.2. The SMILES string of the molecule is CCC(=O)c1ccc(OCC(=O)Nc2cc(C(C)(C)C)nn2C)cc1. The molecule has 0 unspecified atom stereocenters. The van der Waals surface area contributed by atoms with Crippen molar-refractivity contribution in [3.05, 3.63) is 41.6 Å². The number of benzene rings is 1. The monoisotopic (exact) mass is 343 g/mol. The maximum Gasteiger partial charge on any atom is 0.263 e. The smallest absolute Gasteiger partial charge is 0.263 e. The van der Waals surface area contributed by atoms with Crippen molar-refractivity contribution in [2.45, 2.75) is 39.5 Å². The zero-order chi connectivity index (χ0) is 18.6. The van der Waals surface area contributed by atoms with Gasteiger partial charge in [0.25, 0.3) is 5.91 Å². The molecule has 0 aliphatic rings. The van der Waals surface area contributed by atoms with Crippen molar-refractivity contribution in [2.24, 2.45) is 7.05 Å². The lowest BCUT2D eigenvalue weighted by molar-refractivity contribution is -0.118. The summed E-state index contributed by atoms with van der Waals surface area (Å²) in [6.07, 6.45) is 0.462. The van der Waals surface area contributed by atoms with Gasteiger partial charge in [0.2, 0.25) is 0 Å². The summed E-state index contributed by atoms with van der Waals surface area (Å²) in [7, 11) is 1.79. The van der Waals surface area contributed by atoms with Crippen LogP contribution in [0, 0.1) is 0 Å². The number of hydrogen-bond donors (Lipinski definition) is 1. The molecule has 134 valence electrons. The largest absolute Gasteiger partial charge is 0.484 e. The second-order valence-corrected chi connectivity index (χ2v) is 6.93. The van der Waals surface area contributed by atoms with Gasteiger partial charge in [-0.15, -0.1) is 0 Å². The fourth-order valence-electron chi connectivity index (χ4n) is 2.22. The minimum absolute atomic E-state index is 0.0788. The zero-order valence-corrected chi connectivity index (χ0v) is 15.4. The average molecular weight is 343 g/mol. The second kappa shape index (κ2) is 7.51. The molecule has 1 N–H and O–H groups in total. The first-order chi connectivity index (χ1) is 11.7. The zero-order valence-electron chi connectivity index (χ0n) is 15.4. The summed E-state index contributed by atoms with van der Waals surface area (Å²) in [6, 6.07) is 8.66. The van der Waals surface area contributed by atoms with Gasteiger partial charge in [0.15, 0.2) is 12.4 Å². The molecule has 0 atom stereocenters. The van der Waals surface area contributed by atoms with E-state index >= 15 is 0 Å². The lowest BCUT2D eigenvalue weighted by Gasteiger charge is -2.13. The van der Waals surface area contributed by atoms with Gasteiger partial charge in [-0.05, 0) is 24.3 Å². The number of amides is 1. The Morgan fingerprint density at radius 1 is 1.20 bits per heavy atom. The topological polar surface area (TPSA) is 73.2 Å². The Morgan fingerprint density at radius 3 is 2.36 bits per heavy atom. The molecule has 0 saturated carbocycles. The van der Waals surface area contributed by atoms with E-state index in [9.17, 15) is 9.59 Å². The standard InChI is InChI=1S/C19H25N3O3/c1-6-15(23)13-7-9-14(10-8-13)25-12-18(24)20-17-11-16(19(2,3)4)21-22(17)5/h7-11H,6,12H2,1-5H3,(H,20,24).